The Morgan fingerprint density at radius 1 is 1.26 bits per heavy atom. The second-order valence-electron chi connectivity index (χ2n) is 3.71. The van der Waals surface area contributed by atoms with Gasteiger partial charge >= 0.3 is 12.1 Å². The molecular weight excluding hydrogens is 333 g/mol. The lowest BCUT2D eigenvalue weighted by Crippen LogP contribution is -2.19. The van der Waals surface area contributed by atoms with Crippen molar-refractivity contribution < 1.29 is 31.9 Å². The molecule has 0 aliphatic carbocycles. The summed E-state index contributed by atoms with van der Waals surface area (Å²) in [6.07, 6.45) is -4.38. The normalized spacial score (nSPS) is 11.7. The highest BCUT2D eigenvalue weighted by Gasteiger charge is 2.27. The van der Waals surface area contributed by atoms with Crippen molar-refractivity contribution >= 4 is 21.9 Å². The van der Waals surface area contributed by atoms with Crippen LogP contribution in [0.2, 0.25) is 0 Å². The Bertz CT molecular complexity index is 454. The standard InChI is InChI=1S/C11H12BrF3O4/c1-6-8(9(12)7(2)19-6)10(16)18-4-3-17-5-11(13,14)15/h3-5H2,1-2H3. The highest BCUT2D eigenvalue weighted by Crippen LogP contribution is 2.27. The third-order valence-corrected chi connectivity index (χ3v) is 3.07. The molecule has 0 aromatic carbocycles. The van der Waals surface area contributed by atoms with Crippen LogP contribution in [0.15, 0.2) is 8.89 Å². The van der Waals surface area contributed by atoms with Gasteiger partial charge in [0.25, 0.3) is 0 Å². The molecule has 1 rings (SSSR count). The summed E-state index contributed by atoms with van der Waals surface area (Å²) >= 11 is 3.18. The molecule has 4 nitrogen and oxygen atoms in total. The van der Waals surface area contributed by atoms with Gasteiger partial charge in [-0.1, -0.05) is 0 Å². The van der Waals surface area contributed by atoms with Crippen molar-refractivity contribution in [3.63, 3.8) is 0 Å². The van der Waals surface area contributed by atoms with Gasteiger partial charge in [0.2, 0.25) is 0 Å². The van der Waals surface area contributed by atoms with Gasteiger partial charge in [0.1, 0.15) is 30.3 Å². The number of carbonyl (C=O) groups excluding carboxylic acids is 1. The predicted octanol–water partition coefficient (Wildman–Crippen LogP) is 3.39. The van der Waals surface area contributed by atoms with Crippen LogP contribution in [0.5, 0.6) is 0 Å². The van der Waals surface area contributed by atoms with E-state index >= 15 is 0 Å². The van der Waals surface area contributed by atoms with E-state index in [0.717, 1.165) is 0 Å². The number of carbonyl (C=O) groups is 1. The van der Waals surface area contributed by atoms with E-state index in [0.29, 0.717) is 16.0 Å². The Balaban J connectivity index is 2.40. The van der Waals surface area contributed by atoms with E-state index in [9.17, 15) is 18.0 Å². The van der Waals surface area contributed by atoms with Gasteiger partial charge in [-0.15, -0.1) is 0 Å². The number of esters is 1. The summed E-state index contributed by atoms with van der Waals surface area (Å²) in [4.78, 5) is 11.7. The Hall–Kier alpha value is -1.02. The maximum atomic E-state index is 11.8. The smallest absolute Gasteiger partial charge is 0.411 e. The van der Waals surface area contributed by atoms with Crippen LogP contribution in [0.25, 0.3) is 0 Å². The number of aryl methyl sites for hydroxylation is 2. The van der Waals surface area contributed by atoms with Crippen molar-refractivity contribution in [2.45, 2.75) is 20.0 Å². The molecule has 0 fully saturated rings. The largest absolute Gasteiger partial charge is 0.465 e. The van der Waals surface area contributed by atoms with Crippen LogP contribution in [0.4, 0.5) is 13.2 Å². The zero-order chi connectivity index (χ0) is 14.6. The third-order valence-electron chi connectivity index (χ3n) is 2.12. The van der Waals surface area contributed by atoms with Gasteiger partial charge in [0.15, 0.2) is 0 Å². The lowest BCUT2D eigenvalue weighted by atomic mass is 10.2. The van der Waals surface area contributed by atoms with E-state index in [1.54, 1.807) is 13.8 Å². The van der Waals surface area contributed by atoms with Gasteiger partial charge in [-0.3, -0.25) is 0 Å². The van der Waals surface area contributed by atoms with Crippen LogP contribution in [-0.4, -0.2) is 32.0 Å². The second-order valence-corrected chi connectivity index (χ2v) is 4.50. The number of halogens is 4. The van der Waals surface area contributed by atoms with Gasteiger partial charge in [-0.05, 0) is 29.8 Å². The monoisotopic (exact) mass is 344 g/mol. The third kappa shape index (κ3) is 4.87. The van der Waals surface area contributed by atoms with Crippen LogP contribution in [0, 0.1) is 13.8 Å². The molecule has 0 aliphatic rings. The van der Waals surface area contributed by atoms with Gasteiger partial charge in [0, 0.05) is 0 Å². The molecule has 0 saturated carbocycles. The molecule has 0 bridgehead atoms. The fraction of sp³-hybridized carbons (Fsp3) is 0.545. The van der Waals surface area contributed by atoms with Crippen LogP contribution in [0.3, 0.4) is 0 Å². The molecule has 1 aromatic heterocycles. The summed E-state index contributed by atoms with van der Waals surface area (Å²) in [7, 11) is 0. The number of hydrogen-bond acceptors (Lipinski definition) is 4. The number of hydrogen-bond donors (Lipinski definition) is 0. The Morgan fingerprint density at radius 3 is 2.37 bits per heavy atom. The van der Waals surface area contributed by atoms with E-state index in [2.05, 4.69) is 20.7 Å². The maximum absolute atomic E-state index is 11.8. The Labute approximate surface area is 116 Å². The molecule has 8 heteroatoms. The molecule has 0 N–H and O–H groups in total. The highest BCUT2D eigenvalue weighted by atomic mass is 79.9. The number of rotatable bonds is 5. The predicted molar refractivity (Wildman–Crippen MR) is 63.0 cm³/mol. The van der Waals surface area contributed by atoms with Gasteiger partial charge < -0.3 is 13.9 Å². The van der Waals surface area contributed by atoms with Crippen molar-refractivity contribution in [2.75, 3.05) is 19.8 Å². The van der Waals surface area contributed by atoms with E-state index in [1.165, 1.54) is 0 Å². The summed E-state index contributed by atoms with van der Waals surface area (Å²) in [6, 6.07) is 0. The van der Waals surface area contributed by atoms with E-state index < -0.39 is 18.8 Å². The average molecular weight is 345 g/mol. The second kappa shape index (κ2) is 6.42. The topological polar surface area (TPSA) is 48.7 Å². The van der Waals surface area contributed by atoms with Crippen LogP contribution in [-0.2, 0) is 9.47 Å². The first-order valence-electron chi connectivity index (χ1n) is 5.29. The lowest BCUT2D eigenvalue weighted by molar-refractivity contribution is -0.175. The zero-order valence-electron chi connectivity index (χ0n) is 10.3. The van der Waals surface area contributed by atoms with Crippen molar-refractivity contribution in [3.05, 3.63) is 21.6 Å². The molecule has 108 valence electrons. The number of ether oxygens (including phenoxy) is 2. The molecule has 0 aliphatic heterocycles. The summed E-state index contributed by atoms with van der Waals surface area (Å²) in [5, 5.41) is 0. The van der Waals surface area contributed by atoms with Crippen molar-refractivity contribution in [1.29, 1.82) is 0 Å². The van der Waals surface area contributed by atoms with Crippen molar-refractivity contribution in [1.82, 2.24) is 0 Å². The summed E-state index contributed by atoms with van der Waals surface area (Å²) in [5.74, 6) is 0.236. The molecule has 19 heavy (non-hydrogen) atoms. The van der Waals surface area contributed by atoms with E-state index in [-0.39, 0.29) is 18.8 Å². The van der Waals surface area contributed by atoms with Crippen LogP contribution in [0.1, 0.15) is 21.9 Å². The molecule has 1 aromatic rings. The minimum absolute atomic E-state index is 0.230. The van der Waals surface area contributed by atoms with E-state index in [4.69, 9.17) is 9.15 Å². The molecule has 0 unspecified atom stereocenters. The molecule has 0 amide bonds. The average Bonchev–Trinajstić information content (AvgIpc) is 2.51. The van der Waals surface area contributed by atoms with Gasteiger partial charge in [-0.2, -0.15) is 13.2 Å². The quantitative estimate of drug-likeness (QED) is 0.606. The summed E-state index contributed by atoms with van der Waals surface area (Å²) < 4.78 is 50.1. The molecule has 0 radical (unpaired) electrons. The lowest BCUT2D eigenvalue weighted by Gasteiger charge is -2.08. The minimum Gasteiger partial charge on any atom is -0.465 e. The maximum Gasteiger partial charge on any atom is 0.411 e. The minimum atomic E-state index is -4.38. The van der Waals surface area contributed by atoms with Crippen molar-refractivity contribution in [2.24, 2.45) is 0 Å². The SMILES string of the molecule is Cc1oc(C)c(C(=O)OCCOCC(F)(F)F)c1Br. The van der Waals surface area contributed by atoms with Gasteiger partial charge in [0.05, 0.1) is 11.1 Å². The first-order valence-corrected chi connectivity index (χ1v) is 6.09. The first-order chi connectivity index (χ1) is 8.72. The highest BCUT2D eigenvalue weighted by molar-refractivity contribution is 9.10. The van der Waals surface area contributed by atoms with Crippen LogP contribution >= 0.6 is 15.9 Å². The Morgan fingerprint density at radius 2 is 1.89 bits per heavy atom. The van der Waals surface area contributed by atoms with Crippen LogP contribution < -0.4 is 0 Å². The molecule has 1 heterocycles. The molecule has 0 atom stereocenters. The molecule has 0 saturated heterocycles. The number of furan rings is 1. The zero-order valence-corrected chi connectivity index (χ0v) is 11.9. The first kappa shape index (κ1) is 16.0. The fourth-order valence-electron chi connectivity index (χ4n) is 1.34. The van der Waals surface area contributed by atoms with Crippen molar-refractivity contribution in [3.8, 4) is 0 Å². The van der Waals surface area contributed by atoms with Gasteiger partial charge in [-0.25, -0.2) is 4.79 Å². The molecule has 0 spiro atoms. The molecular formula is C11H12BrF3O4. The fourth-order valence-corrected chi connectivity index (χ4v) is 1.86. The number of alkyl halides is 3. The van der Waals surface area contributed by atoms with E-state index in [1.807, 2.05) is 0 Å². The Kier molecular flexibility index (Phi) is 5.42. The summed E-state index contributed by atoms with van der Waals surface area (Å²) in [5.41, 5.74) is 0.230. The summed E-state index contributed by atoms with van der Waals surface area (Å²) in [6.45, 7) is 1.32.